The summed E-state index contributed by atoms with van der Waals surface area (Å²) in [6.07, 6.45) is 3.33. The molecule has 2 aromatic heterocycles. The van der Waals surface area contributed by atoms with Gasteiger partial charge in [-0.1, -0.05) is 36.4 Å². The molecular formula is C20H18N2O2. The molecule has 0 spiro atoms. The monoisotopic (exact) mass is 318 g/mol. The molecule has 0 aliphatic heterocycles. The molecule has 4 heteroatoms. The van der Waals surface area contributed by atoms with Crippen LogP contribution >= 0.6 is 0 Å². The van der Waals surface area contributed by atoms with Crippen molar-refractivity contribution in [2.45, 2.75) is 13.1 Å². The number of carbonyl (C=O) groups is 1. The van der Waals surface area contributed by atoms with Gasteiger partial charge in [0, 0.05) is 12.4 Å². The highest BCUT2D eigenvalue weighted by atomic mass is 16.5. The minimum Gasteiger partial charge on any atom is -0.463 e. The lowest BCUT2D eigenvalue weighted by atomic mass is 10.2. The van der Waals surface area contributed by atoms with E-state index in [2.05, 4.69) is 0 Å². The molecule has 4 rings (SSSR count). The van der Waals surface area contributed by atoms with E-state index < -0.39 is 6.17 Å². The zero-order valence-corrected chi connectivity index (χ0v) is 13.4. The minimum atomic E-state index is -0.565. The van der Waals surface area contributed by atoms with E-state index in [1.165, 1.54) is 0 Å². The zero-order chi connectivity index (χ0) is 16.5. The summed E-state index contributed by atoms with van der Waals surface area (Å²) in [5.41, 5.74) is 2.02. The second-order valence-corrected chi connectivity index (χ2v) is 5.69. The Balaban J connectivity index is 1.93. The van der Waals surface area contributed by atoms with E-state index in [0.717, 1.165) is 21.8 Å². The molecule has 0 atom stereocenters. The number of nitrogens with zero attached hydrogens (tertiary/aromatic N) is 2. The molecule has 0 aliphatic rings. The van der Waals surface area contributed by atoms with Crippen LogP contribution in [0.2, 0.25) is 0 Å². The number of rotatable bonds is 4. The van der Waals surface area contributed by atoms with Gasteiger partial charge in [0.1, 0.15) is 0 Å². The molecule has 2 aromatic carbocycles. The van der Waals surface area contributed by atoms with Gasteiger partial charge in [-0.15, -0.1) is 0 Å². The van der Waals surface area contributed by atoms with Crippen LogP contribution in [-0.4, -0.2) is 21.7 Å². The maximum atomic E-state index is 12.8. The molecule has 0 amide bonds. The quantitative estimate of drug-likeness (QED) is 0.529. The summed E-state index contributed by atoms with van der Waals surface area (Å²) in [6, 6.07) is 20.1. The molecule has 0 saturated heterocycles. The van der Waals surface area contributed by atoms with Crippen molar-refractivity contribution in [1.82, 2.24) is 9.13 Å². The van der Waals surface area contributed by atoms with Crippen molar-refractivity contribution < 1.29 is 9.53 Å². The third-order valence-electron chi connectivity index (χ3n) is 4.28. The Kier molecular flexibility index (Phi) is 3.58. The van der Waals surface area contributed by atoms with E-state index in [4.69, 9.17) is 4.74 Å². The predicted molar refractivity (Wildman–Crippen MR) is 94.9 cm³/mol. The van der Waals surface area contributed by atoms with Crippen molar-refractivity contribution in [2.24, 2.45) is 0 Å². The maximum Gasteiger partial charge on any atom is 0.350 e. The molecule has 0 saturated carbocycles. The number of hydrogen-bond acceptors (Lipinski definition) is 2. The molecule has 0 bridgehead atoms. The number of aromatic nitrogens is 2. The Bertz CT molecular complexity index is 939. The maximum absolute atomic E-state index is 12.8. The fourth-order valence-corrected chi connectivity index (χ4v) is 3.21. The fourth-order valence-electron chi connectivity index (χ4n) is 3.21. The predicted octanol–water partition coefficient (Wildman–Crippen LogP) is 4.21. The number of ether oxygens (including phenoxy) is 1. The van der Waals surface area contributed by atoms with Crippen LogP contribution in [-0.2, 0) is 9.53 Å². The van der Waals surface area contributed by atoms with Gasteiger partial charge >= 0.3 is 5.97 Å². The van der Waals surface area contributed by atoms with Gasteiger partial charge in [-0.25, -0.2) is 4.79 Å². The van der Waals surface area contributed by atoms with Crippen molar-refractivity contribution >= 4 is 27.8 Å². The topological polar surface area (TPSA) is 36.2 Å². The second-order valence-electron chi connectivity index (χ2n) is 5.69. The molecule has 0 N–H and O–H groups in total. The summed E-state index contributed by atoms with van der Waals surface area (Å²) in [4.78, 5) is 12.8. The first kappa shape index (κ1) is 14.6. The van der Waals surface area contributed by atoms with Crippen LogP contribution in [0.3, 0.4) is 0 Å². The molecule has 24 heavy (non-hydrogen) atoms. The van der Waals surface area contributed by atoms with E-state index in [9.17, 15) is 4.79 Å². The lowest BCUT2D eigenvalue weighted by Gasteiger charge is -2.21. The van der Waals surface area contributed by atoms with Gasteiger partial charge in [-0.05, 0) is 42.0 Å². The molecule has 0 aliphatic carbocycles. The molecule has 120 valence electrons. The highest BCUT2D eigenvalue weighted by Crippen LogP contribution is 2.26. The molecule has 4 nitrogen and oxygen atoms in total. The van der Waals surface area contributed by atoms with Crippen molar-refractivity contribution in [1.29, 1.82) is 0 Å². The third-order valence-corrected chi connectivity index (χ3v) is 4.28. The van der Waals surface area contributed by atoms with Gasteiger partial charge in [0.05, 0.1) is 17.6 Å². The van der Waals surface area contributed by atoms with E-state index >= 15 is 0 Å². The van der Waals surface area contributed by atoms with Crippen LogP contribution < -0.4 is 0 Å². The van der Waals surface area contributed by atoms with Crippen molar-refractivity contribution in [2.75, 3.05) is 6.61 Å². The lowest BCUT2D eigenvalue weighted by molar-refractivity contribution is -0.147. The molecule has 0 unspecified atom stereocenters. The van der Waals surface area contributed by atoms with Crippen LogP contribution in [0.5, 0.6) is 0 Å². The lowest BCUT2D eigenvalue weighted by Crippen LogP contribution is -2.27. The zero-order valence-electron chi connectivity index (χ0n) is 13.4. The number of fused-ring (bicyclic) bond motifs is 2. The van der Waals surface area contributed by atoms with Crippen molar-refractivity contribution in [3.05, 3.63) is 73.1 Å². The van der Waals surface area contributed by atoms with Crippen molar-refractivity contribution in [3.8, 4) is 0 Å². The first-order valence-corrected chi connectivity index (χ1v) is 8.07. The summed E-state index contributed by atoms with van der Waals surface area (Å²) in [5.74, 6) is -0.264. The van der Waals surface area contributed by atoms with E-state index in [1.807, 2.05) is 89.1 Å². The Morgan fingerprint density at radius 2 is 1.38 bits per heavy atom. The van der Waals surface area contributed by atoms with Gasteiger partial charge < -0.3 is 13.9 Å². The Morgan fingerprint density at radius 1 is 0.875 bits per heavy atom. The Labute approximate surface area is 139 Å². The largest absolute Gasteiger partial charge is 0.463 e. The number of hydrogen-bond donors (Lipinski definition) is 0. The SMILES string of the molecule is CCOC(=O)C(n1ccc2ccccc21)n1ccc2ccccc21. The Hall–Kier alpha value is -3.01. The summed E-state index contributed by atoms with van der Waals surface area (Å²) >= 11 is 0. The number of carbonyl (C=O) groups excluding carboxylic acids is 1. The normalized spacial score (nSPS) is 11.4. The van der Waals surface area contributed by atoms with Gasteiger partial charge in [0.25, 0.3) is 0 Å². The third kappa shape index (κ3) is 2.27. The molecule has 2 heterocycles. The first-order chi connectivity index (χ1) is 11.8. The minimum absolute atomic E-state index is 0.264. The van der Waals surface area contributed by atoms with Crippen LogP contribution in [0.15, 0.2) is 73.1 Å². The number of para-hydroxylation sites is 2. The fraction of sp³-hybridized carbons (Fsp3) is 0.150. The van der Waals surface area contributed by atoms with Crippen LogP contribution in [0.25, 0.3) is 21.8 Å². The van der Waals surface area contributed by atoms with Gasteiger partial charge in [-0.3, -0.25) is 0 Å². The Morgan fingerprint density at radius 3 is 1.88 bits per heavy atom. The highest BCUT2D eigenvalue weighted by Gasteiger charge is 2.25. The number of esters is 1. The van der Waals surface area contributed by atoms with E-state index in [1.54, 1.807) is 0 Å². The summed E-state index contributed by atoms with van der Waals surface area (Å²) < 4.78 is 9.31. The van der Waals surface area contributed by atoms with Gasteiger partial charge in [-0.2, -0.15) is 0 Å². The highest BCUT2D eigenvalue weighted by molar-refractivity contribution is 5.86. The summed E-state index contributed by atoms with van der Waals surface area (Å²) in [6.45, 7) is 2.18. The average Bonchev–Trinajstić information content (AvgIpc) is 3.21. The molecule has 0 radical (unpaired) electrons. The molecular weight excluding hydrogens is 300 g/mol. The van der Waals surface area contributed by atoms with Gasteiger partial charge in [0.2, 0.25) is 6.17 Å². The number of benzene rings is 2. The van der Waals surface area contributed by atoms with Crippen LogP contribution in [0, 0.1) is 0 Å². The summed E-state index contributed by atoms with van der Waals surface area (Å²) in [7, 11) is 0. The van der Waals surface area contributed by atoms with Gasteiger partial charge in [0.15, 0.2) is 0 Å². The van der Waals surface area contributed by atoms with E-state index in [-0.39, 0.29) is 5.97 Å². The van der Waals surface area contributed by atoms with E-state index in [0.29, 0.717) is 6.61 Å². The van der Waals surface area contributed by atoms with Crippen molar-refractivity contribution in [3.63, 3.8) is 0 Å². The average molecular weight is 318 g/mol. The summed E-state index contributed by atoms with van der Waals surface area (Å²) in [5, 5.41) is 2.20. The molecule has 4 aromatic rings. The smallest absolute Gasteiger partial charge is 0.350 e. The standard InChI is InChI=1S/C20H18N2O2/c1-2-24-20(23)19(21-13-11-15-7-3-5-9-17(15)21)22-14-12-16-8-4-6-10-18(16)22/h3-14,19H,2H2,1H3. The first-order valence-electron chi connectivity index (χ1n) is 8.07. The van der Waals surface area contributed by atoms with Crippen LogP contribution in [0.1, 0.15) is 13.1 Å². The second kappa shape index (κ2) is 5.89. The van der Waals surface area contributed by atoms with Crippen LogP contribution in [0.4, 0.5) is 0 Å². The molecule has 0 fully saturated rings.